The predicted octanol–water partition coefficient (Wildman–Crippen LogP) is 4.92. The molecule has 2 aromatic rings. The largest absolute Gasteiger partial charge is 0.378 e. The number of rotatable bonds is 5. The molecule has 0 fully saturated rings. The minimum Gasteiger partial charge on any atom is -0.378 e. The zero-order chi connectivity index (χ0) is 14.5. The van der Waals surface area contributed by atoms with Crippen LogP contribution < -0.4 is 5.32 Å². The van der Waals surface area contributed by atoms with E-state index in [2.05, 4.69) is 40.3 Å². The normalized spacial score (nSPS) is 11.9. The van der Waals surface area contributed by atoms with Gasteiger partial charge in [0.1, 0.15) is 0 Å². The van der Waals surface area contributed by atoms with E-state index < -0.39 is 4.92 Å². The molecule has 0 bridgehead atoms. The third-order valence-electron chi connectivity index (χ3n) is 3.10. The van der Waals surface area contributed by atoms with Crippen LogP contribution in [0.25, 0.3) is 0 Å². The number of halogens is 1. The van der Waals surface area contributed by atoms with Gasteiger partial charge in [-0.3, -0.25) is 10.1 Å². The Hall–Kier alpha value is -1.88. The van der Waals surface area contributed by atoms with Crippen molar-refractivity contribution in [3.8, 4) is 0 Å². The average molecular weight is 335 g/mol. The maximum atomic E-state index is 10.8. The van der Waals surface area contributed by atoms with E-state index >= 15 is 0 Å². The standard InChI is InChI=1S/C15H15BrN2O2/c1-2-14(11-6-4-3-5-7-11)17-12-8-9-15(18(19)20)13(16)10-12/h3-10,14,17H,2H2,1H3. The van der Waals surface area contributed by atoms with Gasteiger partial charge in [-0.05, 0) is 40.0 Å². The number of anilines is 1. The molecule has 20 heavy (non-hydrogen) atoms. The highest BCUT2D eigenvalue weighted by atomic mass is 79.9. The fourth-order valence-corrected chi connectivity index (χ4v) is 2.58. The summed E-state index contributed by atoms with van der Waals surface area (Å²) in [5, 5.41) is 14.2. The molecule has 0 aliphatic heterocycles. The third-order valence-corrected chi connectivity index (χ3v) is 3.73. The average Bonchev–Trinajstić information content (AvgIpc) is 2.45. The summed E-state index contributed by atoms with van der Waals surface area (Å²) in [6.07, 6.45) is 0.929. The van der Waals surface area contributed by atoms with Gasteiger partial charge in [0.2, 0.25) is 0 Å². The van der Waals surface area contributed by atoms with Gasteiger partial charge in [0.05, 0.1) is 15.4 Å². The van der Waals surface area contributed by atoms with Crippen molar-refractivity contribution < 1.29 is 4.92 Å². The minimum atomic E-state index is -0.400. The fraction of sp³-hybridized carbons (Fsp3) is 0.200. The summed E-state index contributed by atoms with van der Waals surface area (Å²) in [7, 11) is 0. The van der Waals surface area contributed by atoms with E-state index in [4.69, 9.17) is 0 Å². The highest BCUT2D eigenvalue weighted by Crippen LogP contribution is 2.30. The molecule has 104 valence electrons. The Labute approximate surface area is 126 Å². The predicted molar refractivity (Wildman–Crippen MR) is 83.9 cm³/mol. The van der Waals surface area contributed by atoms with Crippen molar-refractivity contribution >= 4 is 27.3 Å². The molecule has 0 aliphatic carbocycles. The summed E-state index contributed by atoms with van der Waals surface area (Å²) < 4.78 is 0.482. The van der Waals surface area contributed by atoms with Crippen molar-refractivity contribution in [1.29, 1.82) is 0 Å². The van der Waals surface area contributed by atoms with Crippen LogP contribution in [0.4, 0.5) is 11.4 Å². The third kappa shape index (κ3) is 3.36. The topological polar surface area (TPSA) is 55.2 Å². The summed E-state index contributed by atoms with van der Waals surface area (Å²) in [4.78, 5) is 10.4. The lowest BCUT2D eigenvalue weighted by Crippen LogP contribution is -2.09. The lowest BCUT2D eigenvalue weighted by atomic mass is 10.0. The molecule has 0 saturated heterocycles. The SMILES string of the molecule is CCC(Nc1ccc([N+](=O)[O-])c(Br)c1)c1ccccc1. The summed E-state index contributed by atoms with van der Waals surface area (Å²) in [6, 6.07) is 15.3. The number of nitrogens with one attached hydrogen (secondary N) is 1. The Kier molecular flexibility index (Phi) is 4.74. The smallest absolute Gasteiger partial charge is 0.283 e. The van der Waals surface area contributed by atoms with Gasteiger partial charge in [0, 0.05) is 11.8 Å². The molecule has 2 aromatic carbocycles. The number of nitro groups is 1. The van der Waals surface area contributed by atoms with Gasteiger partial charge in [-0.15, -0.1) is 0 Å². The van der Waals surface area contributed by atoms with Gasteiger partial charge in [-0.1, -0.05) is 37.3 Å². The number of nitro benzene ring substituents is 1. The van der Waals surface area contributed by atoms with Gasteiger partial charge in [0.25, 0.3) is 5.69 Å². The first-order chi connectivity index (χ1) is 9.61. The summed E-state index contributed by atoms with van der Waals surface area (Å²) >= 11 is 3.23. The molecule has 0 aromatic heterocycles. The van der Waals surface area contributed by atoms with E-state index in [1.165, 1.54) is 11.6 Å². The number of nitrogens with zero attached hydrogens (tertiary/aromatic N) is 1. The molecule has 1 unspecified atom stereocenters. The van der Waals surface area contributed by atoms with Gasteiger partial charge in [-0.25, -0.2) is 0 Å². The minimum absolute atomic E-state index is 0.0725. The molecular formula is C15H15BrN2O2. The first-order valence-electron chi connectivity index (χ1n) is 6.37. The van der Waals surface area contributed by atoms with E-state index in [-0.39, 0.29) is 11.7 Å². The van der Waals surface area contributed by atoms with Gasteiger partial charge < -0.3 is 5.32 Å². The Morgan fingerprint density at radius 2 is 1.95 bits per heavy atom. The second-order valence-electron chi connectivity index (χ2n) is 4.44. The van der Waals surface area contributed by atoms with Crippen LogP contribution in [0.3, 0.4) is 0 Å². The van der Waals surface area contributed by atoms with E-state index in [1.807, 2.05) is 18.2 Å². The van der Waals surface area contributed by atoms with Crippen LogP contribution in [-0.2, 0) is 0 Å². The first-order valence-corrected chi connectivity index (χ1v) is 7.16. The zero-order valence-electron chi connectivity index (χ0n) is 11.0. The summed E-state index contributed by atoms with van der Waals surface area (Å²) in [5.41, 5.74) is 2.13. The number of hydrogen-bond acceptors (Lipinski definition) is 3. The number of hydrogen-bond donors (Lipinski definition) is 1. The molecule has 0 amide bonds. The summed E-state index contributed by atoms with van der Waals surface area (Å²) in [5.74, 6) is 0. The molecule has 0 heterocycles. The van der Waals surface area contributed by atoms with Crippen molar-refractivity contribution in [2.24, 2.45) is 0 Å². The maximum Gasteiger partial charge on any atom is 0.283 e. The molecule has 1 atom stereocenters. The fourth-order valence-electron chi connectivity index (χ4n) is 2.05. The van der Waals surface area contributed by atoms with Crippen LogP contribution in [0.2, 0.25) is 0 Å². The molecular weight excluding hydrogens is 320 g/mol. The Bertz CT molecular complexity index is 602. The quantitative estimate of drug-likeness (QED) is 0.623. The van der Waals surface area contributed by atoms with Crippen LogP contribution in [0, 0.1) is 10.1 Å². The molecule has 0 saturated carbocycles. The lowest BCUT2D eigenvalue weighted by Gasteiger charge is -2.19. The molecule has 5 heteroatoms. The summed E-state index contributed by atoms with van der Waals surface area (Å²) in [6.45, 7) is 2.10. The van der Waals surface area contributed by atoms with Gasteiger partial charge >= 0.3 is 0 Å². The molecule has 0 aliphatic rings. The van der Waals surface area contributed by atoms with Crippen LogP contribution in [0.5, 0.6) is 0 Å². The molecule has 0 radical (unpaired) electrons. The van der Waals surface area contributed by atoms with Crippen molar-refractivity contribution in [1.82, 2.24) is 0 Å². The molecule has 4 nitrogen and oxygen atoms in total. The van der Waals surface area contributed by atoms with E-state index in [0.29, 0.717) is 4.47 Å². The lowest BCUT2D eigenvalue weighted by molar-refractivity contribution is -0.385. The zero-order valence-corrected chi connectivity index (χ0v) is 12.6. The Morgan fingerprint density at radius 3 is 2.50 bits per heavy atom. The van der Waals surface area contributed by atoms with Gasteiger partial charge in [0.15, 0.2) is 0 Å². The van der Waals surface area contributed by atoms with Crippen molar-refractivity contribution in [2.45, 2.75) is 19.4 Å². The molecule has 2 rings (SSSR count). The van der Waals surface area contributed by atoms with Crippen molar-refractivity contribution in [2.75, 3.05) is 5.32 Å². The Morgan fingerprint density at radius 1 is 1.25 bits per heavy atom. The van der Waals surface area contributed by atoms with Crippen LogP contribution in [0.15, 0.2) is 53.0 Å². The molecule has 1 N–H and O–H groups in total. The van der Waals surface area contributed by atoms with Crippen molar-refractivity contribution in [3.63, 3.8) is 0 Å². The van der Waals surface area contributed by atoms with Crippen molar-refractivity contribution in [3.05, 3.63) is 68.7 Å². The molecule has 0 spiro atoms. The highest BCUT2D eigenvalue weighted by Gasteiger charge is 2.14. The number of benzene rings is 2. The van der Waals surface area contributed by atoms with E-state index in [9.17, 15) is 10.1 Å². The highest BCUT2D eigenvalue weighted by molar-refractivity contribution is 9.10. The van der Waals surface area contributed by atoms with E-state index in [0.717, 1.165) is 12.1 Å². The van der Waals surface area contributed by atoms with Crippen LogP contribution >= 0.6 is 15.9 Å². The second-order valence-corrected chi connectivity index (χ2v) is 5.29. The van der Waals surface area contributed by atoms with E-state index in [1.54, 1.807) is 12.1 Å². The first kappa shape index (κ1) is 14.5. The second kappa shape index (κ2) is 6.52. The van der Waals surface area contributed by atoms with Crippen LogP contribution in [-0.4, -0.2) is 4.92 Å². The van der Waals surface area contributed by atoms with Crippen LogP contribution in [0.1, 0.15) is 24.9 Å². The maximum absolute atomic E-state index is 10.8. The monoisotopic (exact) mass is 334 g/mol. The van der Waals surface area contributed by atoms with Gasteiger partial charge in [-0.2, -0.15) is 0 Å². The Balaban J connectivity index is 2.20.